The van der Waals surface area contributed by atoms with E-state index >= 15 is 0 Å². The van der Waals surface area contributed by atoms with Crippen LogP contribution in [0, 0.1) is 5.82 Å². The molecule has 0 amide bonds. The summed E-state index contributed by atoms with van der Waals surface area (Å²) in [5.74, 6) is -0.215. The third-order valence-electron chi connectivity index (χ3n) is 1.72. The Balaban J connectivity index is 2.01. The maximum Gasteiger partial charge on any atom is 0.166 e. The van der Waals surface area contributed by atoms with E-state index in [1.807, 2.05) is 0 Å². The standard InChI is InChI=1S/C9H8ClFO2/c10-6-1-2-9(8(11)3-6)13-5-7-4-12-7/h1-3,7H,4-5H2. The molecule has 4 heteroatoms. The molecule has 0 spiro atoms. The lowest BCUT2D eigenvalue weighted by Crippen LogP contribution is -2.05. The van der Waals surface area contributed by atoms with Crippen LogP contribution in [0.3, 0.4) is 0 Å². The first-order valence-corrected chi connectivity index (χ1v) is 4.33. The van der Waals surface area contributed by atoms with Gasteiger partial charge in [-0.25, -0.2) is 4.39 Å². The van der Waals surface area contributed by atoms with E-state index in [0.29, 0.717) is 18.2 Å². The highest BCUT2D eigenvalue weighted by atomic mass is 35.5. The van der Waals surface area contributed by atoms with Crippen LogP contribution >= 0.6 is 11.6 Å². The van der Waals surface area contributed by atoms with E-state index in [-0.39, 0.29) is 11.9 Å². The molecule has 0 bridgehead atoms. The molecule has 0 saturated carbocycles. The van der Waals surface area contributed by atoms with Gasteiger partial charge in [0.15, 0.2) is 11.6 Å². The number of hydrogen-bond donors (Lipinski definition) is 0. The Kier molecular flexibility index (Phi) is 2.38. The molecule has 1 fully saturated rings. The molecule has 1 aliphatic heterocycles. The van der Waals surface area contributed by atoms with Crippen molar-refractivity contribution in [3.05, 3.63) is 29.0 Å². The molecule has 0 aliphatic carbocycles. The minimum atomic E-state index is -0.437. The van der Waals surface area contributed by atoms with E-state index in [1.165, 1.54) is 12.1 Å². The van der Waals surface area contributed by atoms with Crippen LogP contribution in [0.2, 0.25) is 5.02 Å². The minimum absolute atomic E-state index is 0.134. The second-order valence-corrected chi connectivity index (χ2v) is 3.28. The van der Waals surface area contributed by atoms with Crippen molar-refractivity contribution in [3.63, 3.8) is 0 Å². The van der Waals surface area contributed by atoms with Crippen molar-refractivity contribution in [3.8, 4) is 5.75 Å². The first kappa shape index (κ1) is 8.78. The molecule has 1 heterocycles. The minimum Gasteiger partial charge on any atom is -0.488 e. The smallest absolute Gasteiger partial charge is 0.166 e. The third-order valence-corrected chi connectivity index (χ3v) is 1.96. The maximum atomic E-state index is 13.1. The zero-order chi connectivity index (χ0) is 9.26. The molecule has 0 radical (unpaired) electrons. The molecule has 2 nitrogen and oxygen atoms in total. The van der Waals surface area contributed by atoms with E-state index in [2.05, 4.69) is 0 Å². The van der Waals surface area contributed by atoms with Gasteiger partial charge >= 0.3 is 0 Å². The molecule has 1 unspecified atom stereocenters. The van der Waals surface area contributed by atoms with Gasteiger partial charge in [-0.3, -0.25) is 0 Å². The maximum absolute atomic E-state index is 13.1. The predicted octanol–water partition coefficient (Wildman–Crippen LogP) is 2.26. The Hall–Kier alpha value is -0.800. The Labute approximate surface area is 80.2 Å². The van der Waals surface area contributed by atoms with Crippen molar-refractivity contribution in [2.24, 2.45) is 0 Å². The van der Waals surface area contributed by atoms with Gasteiger partial charge in [0, 0.05) is 5.02 Å². The van der Waals surface area contributed by atoms with Gasteiger partial charge in [0.2, 0.25) is 0 Å². The molecule has 0 aromatic heterocycles. The lowest BCUT2D eigenvalue weighted by Gasteiger charge is -2.04. The highest BCUT2D eigenvalue weighted by Crippen LogP contribution is 2.22. The number of rotatable bonds is 3. The van der Waals surface area contributed by atoms with Crippen molar-refractivity contribution < 1.29 is 13.9 Å². The average Bonchev–Trinajstić information content (AvgIpc) is 2.86. The Morgan fingerprint density at radius 1 is 1.62 bits per heavy atom. The molecule has 13 heavy (non-hydrogen) atoms. The molecule has 0 N–H and O–H groups in total. The average molecular weight is 203 g/mol. The van der Waals surface area contributed by atoms with Crippen LogP contribution in [0.4, 0.5) is 4.39 Å². The van der Waals surface area contributed by atoms with Crippen molar-refractivity contribution >= 4 is 11.6 Å². The SMILES string of the molecule is Fc1cc(Cl)ccc1OCC1CO1. The van der Waals surface area contributed by atoms with Gasteiger partial charge < -0.3 is 9.47 Å². The monoisotopic (exact) mass is 202 g/mol. The summed E-state index contributed by atoms with van der Waals surface area (Å²) in [6.07, 6.45) is 0.134. The molecule has 1 aromatic carbocycles. The van der Waals surface area contributed by atoms with Gasteiger partial charge in [-0.15, -0.1) is 0 Å². The van der Waals surface area contributed by atoms with Gasteiger partial charge in [-0.1, -0.05) is 11.6 Å². The number of epoxide rings is 1. The first-order chi connectivity index (χ1) is 6.25. The fraction of sp³-hybridized carbons (Fsp3) is 0.333. The summed E-state index contributed by atoms with van der Waals surface area (Å²) in [4.78, 5) is 0. The fourth-order valence-corrected chi connectivity index (χ4v) is 1.10. The number of benzene rings is 1. The normalized spacial score (nSPS) is 20.0. The van der Waals surface area contributed by atoms with Crippen molar-refractivity contribution in [1.82, 2.24) is 0 Å². The molecule has 1 aromatic rings. The molecule has 70 valence electrons. The Morgan fingerprint density at radius 3 is 3.00 bits per heavy atom. The molecule has 1 saturated heterocycles. The highest BCUT2D eigenvalue weighted by molar-refractivity contribution is 6.30. The summed E-state index contributed by atoms with van der Waals surface area (Å²) < 4.78 is 23.1. The molecule has 2 rings (SSSR count). The van der Waals surface area contributed by atoms with E-state index < -0.39 is 5.82 Å². The molecular weight excluding hydrogens is 195 g/mol. The first-order valence-electron chi connectivity index (χ1n) is 3.95. The Morgan fingerprint density at radius 2 is 2.38 bits per heavy atom. The summed E-state index contributed by atoms with van der Waals surface area (Å²) >= 11 is 5.57. The van der Waals surface area contributed by atoms with Crippen LogP contribution in [0.15, 0.2) is 18.2 Å². The van der Waals surface area contributed by atoms with Crippen LogP contribution in [-0.4, -0.2) is 19.3 Å². The summed E-state index contributed by atoms with van der Waals surface area (Å²) in [6.45, 7) is 1.10. The second kappa shape index (κ2) is 3.52. The van der Waals surface area contributed by atoms with Crippen LogP contribution in [0.1, 0.15) is 0 Å². The van der Waals surface area contributed by atoms with Crippen LogP contribution in [0.25, 0.3) is 0 Å². The second-order valence-electron chi connectivity index (χ2n) is 2.84. The Bertz CT molecular complexity index is 312. The molecule has 1 aliphatic rings. The predicted molar refractivity (Wildman–Crippen MR) is 46.6 cm³/mol. The topological polar surface area (TPSA) is 21.8 Å². The summed E-state index contributed by atoms with van der Waals surface area (Å²) in [6, 6.07) is 4.33. The van der Waals surface area contributed by atoms with Gasteiger partial charge in [0.05, 0.1) is 6.61 Å². The number of hydrogen-bond acceptors (Lipinski definition) is 2. The largest absolute Gasteiger partial charge is 0.488 e. The highest BCUT2D eigenvalue weighted by Gasteiger charge is 2.23. The summed E-state index contributed by atoms with van der Waals surface area (Å²) in [5, 5.41) is 0.368. The van der Waals surface area contributed by atoms with Crippen molar-refractivity contribution in [1.29, 1.82) is 0 Å². The zero-order valence-corrected chi connectivity index (χ0v) is 7.55. The van der Waals surface area contributed by atoms with Gasteiger partial charge in [0.25, 0.3) is 0 Å². The lowest BCUT2D eigenvalue weighted by atomic mass is 10.3. The zero-order valence-electron chi connectivity index (χ0n) is 6.80. The lowest BCUT2D eigenvalue weighted by molar-refractivity contribution is 0.254. The van der Waals surface area contributed by atoms with Crippen LogP contribution in [0.5, 0.6) is 5.75 Å². The van der Waals surface area contributed by atoms with Crippen LogP contribution < -0.4 is 4.74 Å². The summed E-state index contributed by atoms with van der Waals surface area (Å²) in [7, 11) is 0. The van der Waals surface area contributed by atoms with Crippen molar-refractivity contribution in [2.75, 3.05) is 13.2 Å². The quantitative estimate of drug-likeness (QED) is 0.702. The van der Waals surface area contributed by atoms with E-state index in [0.717, 1.165) is 0 Å². The fourth-order valence-electron chi connectivity index (χ4n) is 0.939. The van der Waals surface area contributed by atoms with Crippen molar-refractivity contribution in [2.45, 2.75) is 6.10 Å². The van der Waals surface area contributed by atoms with E-state index in [4.69, 9.17) is 21.1 Å². The number of ether oxygens (including phenoxy) is 2. The number of halogens is 2. The molecule has 1 atom stereocenters. The van der Waals surface area contributed by atoms with E-state index in [9.17, 15) is 4.39 Å². The molecular formula is C9H8ClFO2. The summed E-state index contributed by atoms with van der Waals surface area (Å²) in [5.41, 5.74) is 0. The third kappa shape index (κ3) is 2.32. The van der Waals surface area contributed by atoms with E-state index in [1.54, 1.807) is 6.07 Å². The van der Waals surface area contributed by atoms with Gasteiger partial charge in [-0.2, -0.15) is 0 Å². The van der Waals surface area contributed by atoms with Crippen LogP contribution in [-0.2, 0) is 4.74 Å². The van der Waals surface area contributed by atoms with Gasteiger partial charge in [-0.05, 0) is 18.2 Å². The van der Waals surface area contributed by atoms with Gasteiger partial charge in [0.1, 0.15) is 12.7 Å².